The summed E-state index contributed by atoms with van der Waals surface area (Å²) in [6.45, 7) is 0.569. The number of amides is 1. The van der Waals surface area contributed by atoms with Crippen LogP contribution < -0.4 is 20.3 Å². The Labute approximate surface area is 178 Å². The smallest absolute Gasteiger partial charge is 0.279 e. The highest BCUT2D eigenvalue weighted by molar-refractivity contribution is 6.04. The monoisotopic (exact) mass is 415 g/mol. The molecule has 0 aliphatic carbocycles. The van der Waals surface area contributed by atoms with Crippen molar-refractivity contribution in [3.05, 3.63) is 94.9 Å². The molecule has 1 aromatic heterocycles. The first-order valence-corrected chi connectivity index (χ1v) is 9.80. The fourth-order valence-corrected chi connectivity index (χ4v) is 3.19. The first kappa shape index (κ1) is 20.2. The number of ether oxygens (including phenoxy) is 2. The average Bonchev–Trinajstić information content (AvgIpc) is 2.83. The molecule has 7 nitrogen and oxygen atoms in total. The first-order valence-electron chi connectivity index (χ1n) is 9.80. The van der Waals surface area contributed by atoms with Crippen LogP contribution in [0.1, 0.15) is 10.5 Å². The lowest BCUT2D eigenvalue weighted by Gasteiger charge is -2.12. The highest BCUT2D eigenvalue weighted by Gasteiger charge is 2.17. The van der Waals surface area contributed by atoms with Gasteiger partial charge in [-0.05, 0) is 42.5 Å². The van der Waals surface area contributed by atoms with Crippen LogP contribution in [0.5, 0.6) is 11.5 Å². The summed E-state index contributed by atoms with van der Waals surface area (Å²) in [6, 6.07) is 23.2. The largest absolute Gasteiger partial charge is 0.497 e. The van der Waals surface area contributed by atoms with Crippen molar-refractivity contribution in [2.45, 2.75) is 0 Å². The van der Waals surface area contributed by atoms with E-state index in [1.54, 1.807) is 67.8 Å². The number of nitrogens with one attached hydrogen (secondary N) is 1. The summed E-state index contributed by atoms with van der Waals surface area (Å²) in [6.07, 6.45) is 0. The molecule has 0 unspecified atom stereocenters. The standard InChI is InChI=1S/C24H21N3O4/c1-30-18-11-13-19(14-12-18)31-16-15-25-23(28)22-20-9-5-6-10-21(20)24(29)27(26-22)17-7-3-2-4-8-17/h2-14H,15-16H2,1H3,(H,25,28). The average molecular weight is 415 g/mol. The van der Waals surface area contributed by atoms with Crippen molar-refractivity contribution >= 4 is 16.7 Å². The molecule has 1 heterocycles. The van der Waals surface area contributed by atoms with E-state index < -0.39 is 0 Å². The normalized spacial score (nSPS) is 10.6. The number of aromatic nitrogens is 2. The van der Waals surface area contributed by atoms with Crippen molar-refractivity contribution in [2.75, 3.05) is 20.3 Å². The SMILES string of the molecule is COc1ccc(OCCNC(=O)c2nn(-c3ccccc3)c(=O)c3ccccc23)cc1. The molecule has 0 fully saturated rings. The number of rotatable bonds is 7. The molecule has 0 aliphatic rings. The summed E-state index contributed by atoms with van der Waals surface area (Å²) in [5.74, 6) is 1.04. The van der Waals surface area contributed by atoms with Gasteiger partial charge in [0.25, 0.3) is 11.5 Å². The first-order chi connectivity index (χ1) is 15.2. The van der Waals surface area contributed by atoms with Gasteiger partial charge in [-0.15, -0.1) is 0 Å². The van der Waals surface area contributed by atoms with Crippen molar-refractivity contribution in [1.82, 2.24) is 15.1 Å². The molecule has 0 atom stereocenters. The molecule has 0 saturated carbocycles. The van der Waals surface area contributed by atoms with Crippen LogP contribution in [0.15, 0.2) is 83.7 Å². The molecule has 1 N–H and O–H groups in total. The Morgan fingerprint density at radius 3 is 2.26 bits per heavy atom. The molecule has 1 amide bonds. The molecule has 0 spiro atoms. The molecule has 31 heavy (non-hydrogen) atoms. The zero-order valence-corrected chi connectivity index (χ0v) is 16.9. The fourth-order valence-electron chi connectivity index (χ4n) is 3.19. The van der Waals surface area contributed by atoms with Crippen LogP contribution in [0.2, 0.25) is 0 Å². The Kier molecular flexibility index (Phi) is 5.93. The number of hydrogen-bond donors (Lipinski definition) is 1. The van der Waals surface area contributed by atoms with Gasteiger partial charge in [0.15, 0.2) is 5.69 Å². The van der Waals surface area contributed by atoms with E-state index in [1.807, 2.05) is 18.2 Å². The predicted octanol–water partition coefficient (Wildman–Crippen LogP) is 3.20. The van der Waals surface area contributed by atoms with Crippen LogP contribution in [0.25, 0.3) is 16.5 Å². The van der Waals surface area contributed by atoms with E-state index in [4.69, 9.17) is 9.47 Å². The van der Waals surface area contributed by atoms with Gasteiger partial charge in [0, 0.05) is 5.39 Å². The van der Waals surface area contributed by atoms with Crippen LogP contribution in [-0.2, 0) is 0 Å². The lowest BCUT2D eigenvalue weighted by molar-refractivity contribution is 0.0942. The van der Waals surface area contributed by atoms with Crippen LogP contribution >= 0.6 is 0 Å². The second kappa shape index (κ2) is 9.13. The number of hydrogen-bond acceptors (Lipinski definition) is 5. The molecule has 0 aliphatic heterocycles. The molecule has 4 rings (SSSR count). The highest BCUT2D eigenvalue weighted by Crippen LogP contribution is 2.17. The van der Waals surface area contributed by atoms with Crippen molar-refractivity contribution in [2.24, 2.45) is 0 Å². The second-order valence-corrected chi connectivity index (χ2v) is 6.73. The summed E-state index contributed by atoms with van der Waals surface area (Å²) in [5, 5.41) is 8.12. The number of fused-ring (bicyclic) bond motifs is 1. The number of nitrogens with zero attached hydrogens (tertiary/aromatic N) is 2. The molecule has 0 radical (unpaired) electrons. The Morgan fingerprint density at radius 1 is 0.903 bits per heavy atom. The molecule has 7 heteroatoms. The van der Waals surface area contributed by atoms with E-state index in [1.165, 1.54) is 4.68 Å². The summed E-state index contributed by atoms with van der Waals surface area (Å²) >= 11 is 0. The molecule has 3 aromatic carbocycles. The summed E-state index contributed by atoms with van der Waals surface area (Å²) in [4.78, 5) is 25.8. The van der Waals surface area contributed by atoms with Gasteiger partial charge in [-0.25, -0.2) is 0 Å². The van der Waals surface area contributed by atoms with Gasteiger partial charge in [-0.1, -0.05) is 36.4 Å². The van der Waals surface area contributed by atoms with E-state index >= 15 is 0 Å². The zero-order chi connectivity index (χ0) is 21.6. The molecule has 4 aromatic rings. The highest BCUT2D eigenvalue weighted by atomic mass is 16.5. The second-order valence-electron chi connectivity index (χ2n) is 6.73. The van der Waals surface area contributed by atoms with E-state index in [9.17, 15) is 9.59 Å². The Morgan fingerprint density at radius 2 is 1.55 bits per heavy atom. The van der Waals surface area contributed by atoms with Gasteiger partial charge in [-0.2, -0.15) is 9.78 Å². The van der Waals surface area contributed by atoms with E-state index in [2.05, 4.69) is 10.4 Å². The third kappa shape index (κ3) is 4.40. The zero-order valence-electron chi connectivity index (χ0n) is 16.9. The van der Waals surface area contributed by atoms with Gasteiger partial charge in [0.05, 0.1) is 24.7 Å². The van der Waals surface area contributed by atoms with Crippen LogP contribution in [0.3, 0.4) is 0 Å². The lowest BCUT2D eigenvalue weighted by atomic mass is 10.1. The molecular formula is C24H21N3O4. The Balaban J connectivity index is 1.53. The van der Waals surface area contributed by atoms with Crippen molar-refractivity contribution in [3.8, 4) is 17.2 Å². The predicted molar refractivity (Wildman–Crippen MR) is 118 cm³/mol. The fraction of sp³-hybridized carbons (Fsp3) is 0.125. The maximum Gasteiger partial charge on any atom is 0.279 e. The minimum Gasteiger partial charge on any atom is -0.497 e. The van der Waals surface area contributed by atoms with Gasteiger partial charge in [0.1, 0.15) is 18.1 Å². The van der Waals surface area contributed by atoms with Crippen molar-refractivity contribution in [1.29, 1.82) is 0 Å². The van der Waals surface area contributed by atoms with E-state index in [0.29, 0.717) is 22.2 Å². The minimum atomic E-state index is -0.376. The van der Waals surface area contributed by atoms with Gasteiger partial charge in [-0.3, -0.25) is 9.59 Å². The third-order valence-corrected chi connectivity index (χ3v) is 4.74. The van der Waals surface area contributed by atoms with Gasteiger partial charge in [0.2, 0.25) is 0 Å². The number of benzene rings is 3. The van der Waals surface area contributed by atoms with E-state index in [-0.39, 0.29) is 30.3 Å². The lowest BCUT2D eigenvalue weighted by Crippen LogP contribution is -2.32. The van der Waals surface area contributed by atoms with Crippen LogP contribution in [-0.4, -0.2) is 35.9 Å². The van der Waals surface area contributed by atoms with E-state index in [0.717, 1.165) is 5.75 Å². The number of methoxy groups -OCH3 is 1. The molecule has 0 bridgehead atoms. The maximum atomic E-state index is 12.9. The maximum absolute atomic E-state index is 12.9. The van der Waals surface area contributed by atoms with Crippen LogP contribution in [0, 0.1) is 0 Å². The van der Waals surface area contributed by atoms with Crippen LogP contribution in [0.4, 0.5) is 0 Å². The number of carbonyl (C=O) groups is 1. The number of carbonyl (C=O) groups excluding carboxylic acids is 1. The summed E-state index contributed by atoms with van der Waals surface area (Å²) < 4.78 is 12.0. The Bertz CT molecular complexity index is 1250. The minimum absolute atomic E-state index is 0.184. The Hall–Kier alpha value is -4.13. The topological polar surface area (TPSA) is 82.4 Å². The quantitative estimate of drug-likeness (QED) is 0.469. The molecular weight excluding hydrogens is 394 g/mol. The summed E-state index contributed by atoms with van der Waals surface area (Å²) in [7, 11) is 1.60. The third-order valence-electron chi connectivity index (χ3n) is 4.74. The number of para-hydroxylation sites is 1. The molecule has 156 valence electrons. The van der Waals surface area contributed by atoms with Crippen molar-refractivity contribution < 1.29 is 14.3 Å². The van der Waals surface area contributed by atoms with Gasteiger partial charge >= 0.3 is 0 Å². The van der Waals surface area contributed by atoms with Gasteiger partial charge < -0.3 is 14.8 Å². The van der Waals surface area contributed by atoms with Crippen molar-refractivity contribution in [3.63, 3.8) is 0 Å². The summed E-state index contributed by atoms with van der Waals surface area (Å²) in [5.41, 5.74) is 0.500. The molecule has 0 saturated heterocycles.